The molecule has 0 saturated heterocycles. The van der Waals surface area contributed by atoms with E-state index in [1.165, 1.54) is 6.07 Å². The van der Waals surface area contributed by atoms with E-state index in [0.717, 1.165) is 28.2 Å². The molecule has 5 nitrogen and oxygen atoms in total. The summed E-state index contributed by atoms with van der Waals surface area (Å²) in [5.74, 6) is -2.55. The topological polar surface area (TPSA) is 70.1 Å². The molecule has 0 radical (unpaired) electrons. The molecule has 0 aliphatic heterocycles. The van der Waals surface area contributed by atoms with Gasteiger partial charge in [-0.25, -0.2) is 13.2 Å². The SMILES string of the molecule is O=c1[nH]sc2c(-c3ccc(F)cc3F)c3[nH]c(=S)c(F)cn3c(=O)c12. The Balaban J connectivity index is 2.34. The molecule has 0 unspecified atom stereocenters. The quantitative estimate of drug-likeness (QED) is 0.497. The number of hydrogen-bond acceptors (Lipinski definition) is 4. The van der Waals surface area contributed by atoms with E-state index in [1.54, 1.807) is 0 Å². The van der Waals surface area contributed by atoms with Crippen LogP contribution >= 0.6 is 23.8 Å². The van der Waals surface area contributed by atoms with Crippen LogP contribution in [0.1, 0.15) is 0 Å². The maximum Gasteiger partial charge on any atom is 0.271 e. The first-order chi connectivity index (χ1) is 11.9. The summed E-state index contributed by atoms with van der Waals surface area (Å²) in [5.41, 5.74) is -1.39. The van der Waals surface area contributed by atoms with Crippen LogP contribution in [0.4, 0.5) is 13.2 Å². The monoisotopic (exact) mass is 381 g/mol. The van der Waals surface area contributed by atoms with Crippen molar-refractivity contribution < 1.29 is 13.2 Å². The van der Waals surface area contributed by atoms with E-state index < -0.39 is 28.6 Å². The largest absolute Gasteiger partial charge is 0.329 e. The fourth-order valence-electron chi connectivity index (χ4n) is 2.65. The molecule has 0 atom stereocenters. The lowest BCUT2D eigenvalue weighted by atomic mass is 10.0. The van der Waals surface area contributed by atoms with Crippen molar-refractivity contribution in [2.24, 2.45) is 0 Å². The lowest BCUT2D eigenvalue weighted by Crippen LogP contribution is -2.20. The standard InChI is InChI=1S/C15H6F3N3O2S2/c16-5-1-2-6(7(17)3-5)9-11-10(13(22)20-25-11)15(23)21-4-8(18)14(24)19-12(9)21/h1-4H,(H,19,24)(H,20,22). The highest BCUT2D eigenvalue weighted by Crippen LogP contribution is 2.33. The van der Waals surface area contributed by atoms with Crippen molar-refractivity contribution in [3.8, 4) is 11.1 Å². The Kier molecular flexibility index (Phi) is 3.41. The Bertz CT molecular complexity index is 1350. The van der Waals surface area contributed by atoms with Crippen molar-refractivity contribution in [2.75, 3.05) is 0 Å². The van der Waals surface area contributed by atoms with Gasteiger partial charge in [-0.05, 0) is 12.1 Å². The number of H-pyrrole nitrogens is 2. The van der Waals surface area contributed by atoms with Crippen LogP contribution in [0.15, 0.2) is 34.0 Å². The van der Waals surface area contributed by atoms with Crippen LogP contribution in [0.2, 0.25) is 0 Å². The molecule has 4 aromatic rings. The Labute approximate surface area is 145 Å². The fraction of sp³-hybridized carbons (Fsp3) is 0. The van der Waals surface area contributed by atoms with Crippen molar-refractivity contribution in [2.45, 2.75) is 0 Å². The van der Waals surface area contributed by atoms with Gasteiger partial charge in [-0.3, -0.25) is 18.4 Å². The van der Waals surface area contributed by atoms with Gasteiger partial charge in [0.15, 0.2) is 5.82 Å². The number of fused-ring (bicyclic) bond motifs is 2. The smallest absolute Gasteiger partial charge is 0.271 e. The van der Waals surface area contributed by atoms with Gasteiger partial charge in [-0.2, -0.15) is 0 Å². The fourth-order valence-corrected chi connectivity index (χ4v) is 3.69. The zero-order chi connectivity index (χ0) is 17.9. The van der Waals surface area contributed by atoms with Gasteiger partial charge in [-0.15, -0.1) is 0 Å². The summed E-state index contributed by atoms with van der Waals surface area (Å²) in [6.07, 6.45) is 0.831. The molecule has 0 saturated carbocycles. The molecule has 0 spiro atoms. The van der Waals surface area contributed by atoms with E-state index in [0.29, 0.717) is 6.07 Å². The Morgan fingerprint density at radius 1 is 1.12 bits per heavy atom. The lowest BCUT2D eigenvalue weighted by Gasteiger charge is -2.10. The minimum Gasteiger partial charge on any atom is -0.329 e. The maximum atomic E-state index is 14.4. The number of aromatic amines is 2. The summed E-state index contributed by atoms with van der Waals surface area (Å²) < 4.78 is 44.6. The second-order valence-electron chi connectivity index (χ2n) is 5.19. The van der Waals surface area contributed by atoms with E-state index in [1.807, 2.05) is 0 Å². The van der Waals surface area contributed by atoms with Crippen LogP contribution < -0.4 is 11.1 Å². The molecule has 0 amide bonds. The molecule has 126 valence electrons. The average Bonchev–Trinajstić information content (AvgIpc) is 2.93. The molecule has 3 aromatic heterocycles. The van der Waals surface area contributed by atoms with Crippen LogP contribution in [0.5, 0.6) is 0 Å². The first-order valence-electron chi connectivity index (χ1n) is 6.82. The molecular formula is C15H6F3N3O2S2. The summed E-state index contributed by atoms with van der Waals surface area (Å²) in [4.78, 5) is 27.1. The summed E-state index contributed by atoms with van der Waals surface area (Å²) in [5, 5.41) is -0.244. The van der Waals surface area contributed by atoms with Gasteiger partial charge in [0.2, 0.25) is 0 Å². The molecule has 0 fully saturated rings. The molecule has 2 N–H and O–H groups in total. The Morgan fingerprint density at radius 2 is 1.88 bits per heavy atom. The summed E-state index contributed by atoms with van der Waals surface area (Å²) in [7, 11) is 0. The van der Waals surface area contributed by atoms with E-state index in [4.69, 9.17) is 12.2 Å². The van der Waals surface area contributed by atoms with Crippen molar-refractivity contribution in [1.29, 1.82) is 0 Å². The van der Waals surface area contributed by atoms with Crippen molar-refractivity contribution >= 4 is 39.5 Å². The molecular weight excluding hydrogens is 375 g/mol. The highest BCUT2D eigenvalue weighted by Gasteiger charge is 2.21. The van der Waals surface area contributed by atoms with Gasteiger partial charge >= 0.3 is 0 Å². The van der Waals surface area contributed by atoms with Gasteiger partial charge in [0.25, 0.3) is 11.1 Å². The highest BCUT2D eigenvalue weighted by molar-refractivity contribution is 7.71. The molecule has 0 bridgehead atoms. The average molecular weight is 381 g/mol. The predicted molar refractivity (Wildman–Crippen MR) is 90.2 cm³/mol. The number of benzene rings is 1. The van der Waals surface area contributed by atoms with E-state index >= 15 is 0 Å². The van der Waals surface area contributed by atoms with Crippen molar-refractivity contribution in [1.82, 2.24) is 13.8 Å². The molecule has 25 heavy (non-hydrogen) atoms. The number of halogens is 3. The summed E-state index contributed by atoms with van der Waals surface area (Å²) >= 11 is 5.68. The second kappa shape index (κ2) is 5.39. The molecule has 4 rings (SSSR count). The number of rotatable bonds is 1. The van der Waals surface area contributed by atoms with Crippen LogP contribution in [0, 0.1) is 22.1 Å². The molecule has 10 heteroatoms. The Hall–Kier alpha value is -2.72. The van der Waals surface area contributed by atoms with E-state index in [2.05, 4.69) is 9.36 Å². The minimum atomic E-state index is -0.897. The summed E-state index contributed by atoms with van der Waals surface area (Å²) in [6, 6.07) is 2.89. The minimum absolute atomic E-state index is 0.00431. The lowest BCUT2D eigenvalue weighted by molar-refractivity contribution is 0.585. The summed E-state index contributed by atoms with van der Waals surface area (Å²) in [6.45, 7) is 0. The van der Waals surface area contributed by atoms with Gasteiger partial charge in [0, 0.05) is 17.2 Å². The zero-order valence-electron chi connectivity index (χ0n) is 12.0. The third kappa shape index (κ3) is 2.25. The van der Waals surface area contributed by atoms with Crippen LogP contribution in [-0.2, 0) is 0 Å². The van der Waals surface area contributed by atoms with Crippen LogP contribution in [0.25, 0.3) is 26.9 Å². The number of hydrogen-bond donors (Lipinski definition) is 2. The molecule has 1 aromatic carbocycles. The molecule has 0 aliphatic carbocycles. The number of aromatic nitrogens is 3. The number of nitrogens with one attached hydrogen (secondary N) is 2. The molecule has 0 aliphatic rings. The number of pyridine rings is 1. The van der Waals surface area contributed by atoms with Gasteiger partial charge in [0.1, 0.15) is 27.3 Å². The predicted octanol–water partition coefficient (Wildman–Crippen LogP) is 3.34. The van der Waals surface area contributed by atoms with Crippen molar-refractivity contribution in [3.63, 3.8) is 0 Å². The number of nitrogens with zero attached hydrogens (tertiary/aromatic N) is 1. The normalized spacial score (nSPS) is 11.5. The van der Waals surface area contributed by atoms with E-state index in [9.17, 15) is 22.8 Å². The first-order valence-corrected chi connectivity index (χ1v) is 8.04. The third-order valence-corrected chi connectivity index (χ3v) is 4.93. The molecule has 3 heterocycles. The zero-order valence-corrected chi connectivity index (χ0v) is 13.7. The van der Waals surface area contributed by atoms with Gasteiger partial charge in [0.05, 0.1) is 10.9 Å². The van der Waals surface area contributed by atoms with Crippen LogP contribution in [0.3, 0.4) is 0 Å². The highest BCUT2D eigenvalue weighted by atomic mass is 32.1. The third-order valence-electron chi connectivity index (χ3n) is 3.73. The van der Waals surface area contributed by atoms with Gasteiger partial charge in [-0.1, -0.05) is 23.8 Å². The van der Waals surface area contributed by atoms with Gasteiger partial charge < -0.3 is 4.98 Å². The van der Waals surface area contributed by atoms with Crippen LogP contribution in [-0.4, -0.2) is 13.8 Å². The Morgan fingerprint density at radius 3 is 2.60 bits per heavy atom. The van der Waals surface area contributed by atoms with Crippen molar-refractivity contribution in [3.05, 3.63) is 67.2 Å². The van der Waals surface area contributed by atoms with E-state index in [-0.39, 0.29) is 31.5 Å². The first kappa shape index (κ1) is 15.8. The maximum absolute atomic E-state index is 14.4. The second-order valence-corrected chi connectivity index (χ2v) is 6.42.